The molecule has 0 aliphatic heterocycles. The third-order valence-corrected chi connectivity index (χ3v) is 2.03. The Labute approximate surface area is 87.8 Å². The van der Waals surface area contributed by atoms with Crippen LogP contribution in [0.15, 0.2) is 6.20 Å². The average molecular weight is 240 g/mol. The van der Waals surface area contributed by atoms with Crippen LogP contribution in [0.25, 0.3) is 0 Å². The van der Waals surface area contributed by atoms with Crippen molar-refractivity contribution >= 4 is 17.6 Å². The molecule has 0 saturated heterocycles. The van der Waals surface area contributed by atoms with Gasteiger partial charge >= 0.3 is 5.97 Å². The van der Waals surface area contributed by atoms with Crippen molar-refractivity contribution in [1.29, 1.82) is 0 Å². The van der Waals surface area contributed by atoms with Crippen molar-refractivity contribution in [3.63, 3.8) is 0 Å². The predicted molar refractivity (Wildman–Crippen MR) is 45.5 cm³/mol. The maximum absolute atomic E-state index is 13.0. The first kappa shape index (κ1) is 11.8. The van der Waals surface area contributed by atoms with Crippen LogP contribution < -0.4 is 0 Å². The molecule has 1 heterocycles. The van der Waals surface area contributed by atoms with Crippen LogP contribution in [-0.4, -0.2) is 18.1 Å². The zero-order valence-electron chi connectivity index (χ0n) is 7.43. The summed E-state index contributed by atoms with van der Waals surface area (Å²) >= 11 is 5.42. The lowest BCUT2D eigenvalue weighted by atomic mass is 10.2. The topological polar surface area (TPSA) is 39.2 Å². The Morgan fingerprint density at radius 1 is 1.60 bits per heavy atom. The molecule has 0 aromatic carbocycles. The van der Waals surface area contributed by atoms with Crippen LogP contribution in [0.4, 0.5) is 13.2 Å². The van der Waals surface area contributed by atoms with Gasteiger partial charge in [-0.3, -0.25) is 0 Å². The quantitative estimate of drug-likeness (QED) is 0.588. The number of ether oxygens (including phenoxy) is 1. The van der Waals surface area contributed by atoms with Crippen LogP contribution in [0.3, 0.4) is 0 Å². The Bertz CT molecular complexity index is 398. The Morgan fingerprint density at radius 3 is 2.67 bits per heavy atom. The summed E-state index contributed by atoms with van der Waals surface area (Å²) in [7, 11) is 0.979. The molecule has 82 valence electrons. The Kier molecular flexibility index (Phi) is 3.52. The number of hydrogen-bond donors (Lipinski definition) is 0. The fourth-order valence-electron chi connectivity index (χ4n) is 0.910. The molecule has 0 spiro atoms. The lowest BCUT2D eigenvalue weighted by Gasteiger charge is -2.07. The smallest absolute Gasteiger partial charge is 0.344 e. The third-order valence-electron chi connectivity index (χ3n) is 1.62. The van der Waals surface area contributed by atoms with E-state index in [-0.39, 0.29) is 0 Å². The van der Waals surface area contributed by atoms with Crippen LogP contribution in [0, 0.1) is 5.95 Å². The van der Waals surface area contributed by atoms with Gasteiger partial charge in [-0.25, -0.2) is 18.6 Å². The van der Waals surface area contributed by atoms with Gasteiger partial charge < -0.3 is 4.74 Å². The normalized spacial score (nSPS) is 10.5. The number of pyridine rings is 1. The number of alkyl halides is 2. The van der Waals surface area contributed by atoms with E-state index in [0.29, 0.717) is 6.20 Å². The summed E-state index contributed by atoms with van der Waals surface area (Å²) in [6, 6.07) is 0. The second-order valence-electron chi connectivity index (χ2n) is 2.49. The molecule has 0 saturated carbocycles. The van der Waals surface area contributed by atoms with E-state index in [1.165, 1.54) is 0 Å². The van der Waals surface area contributed by atoms with Crippen molar-refractivity contribution in [3.8, 4) is 0 Å². The van der Waals surface area contributed by atoms with E-state index in [4.69, 9.17) is 11.6 Å². The highest BCUT2D eigenvalue weighted by Gasteiger charge is 2.24. The maximum atomic E-state index is 13.0. The first-order chi connectivity index (χ1) is 6.99. The first-order valence-electron chi connectivity index (χ1n) is 3.69. The molecule has 3 nitrogen and oxygen atoms in total. The van der Waals surface area contributed by atoms with Crippen LogP contribution in [0.2, 0.25) is 5.02 Å². The molecular formula is C8H5ClF3NO2. The molecule has 1 rings (SSSR count). The molecule has 0 aliphatic carbocycles. The molecule has 15 heavy (non-hydrogen) atoms. The van der Waals surface area contributed by atoms with Crippen molar-refractivity contribution < 1.29 is 22.7 Å². The molecule has 7 heteroatoms. The molecule has 0 amide bonds. The zero-order chi connectivity index (χ0) is 11.6. The van der Waals surface area contributed by atoms with Gasteiger partial charge in [-0.05, 0) is 0 Å². The standard InChI is InChI=1S/C8H5ClF3NO2/c1-15-8(14)4-5(9)3(6(10)11)2-13-7(4)12/h2,6H,1H3. The number of hydrogen-bond acceptors (Lipinski definition) is 3. The Hall–Kier alpha value is -1.30. The van der Waals surface area contributed by atoms with Gasteiger partial charge in [-0.2, -0.15) is 4.39 Å². The van der Waals surface area contributed by atoms with E-state index in [9.17, 15) is 18.0 Å². The summed E-state index contributed by atoms with van der Waals surface area (Å²) in [5, 5.41) is -0.677. The fourth-order valence-corrected chi connectivity index (χ4v) is 1.20. The highest BCUT2D eigenvalue weighted by molar-refractivity contribution is 6.34. The molecule has 0 aliphatic rings. The van der Waals surface area contributed by atoms with E-state index < -0.39 is 34.5 Å². The van der Waals surface area contributed by atoms with Gasteiger partial charge in [0.2, 0.25) is 5.95 Å². The molecule has 0 N–H and O–H groups in total. The van der Waals surface area contributed by atoms with Crippen LogP contribution in [-0.2, 0) is 4.74 Å². The van der Waals surface area contributed by atoms with Crippen LogP contribution in [0.1, 0.15) is 22.3 Å². The molecule has 1 aromatic heterocycles. The van der Waals surface area contributed by atoms with Gasteiger partial charge in [0.05, 0.1) is 17.7 Å². The monoisotopic (exact) mass is 239 g/mol. The van der Waals surface area contributed by atoms with Gasteiger partial charge in [-0.1, -0.05) is 11.6 Å². The largest absolute Gasteiger partial charge is 0.465 e. The lowest BCUT2D eigenvalue weighted by molar-refractivity contribution is 0.0594. The number of rotatable bonds is 2. The fraction of sp³-hybridized carbons (Fsp3) is 0.250. The Balaban J connectivity index is 3.36. The van der Waals surface area contributed by atoms with Crippen molar-refractivity contribution in [2.75, 3.05) is 7.11 Å². The molecule has 0 fully saturated rings. The number of nitrogens with zero attached hydrogens (tertiary/aromatic N) is 1. The summed E-state index contributed by atoms with van der Waals surface area (Å²) in [6.45, 7) is 0. The second-order valence-corrected chi connectivity index (χ2v) is 2.86. The van der Waals surface area contributed by atoms with Gasteiger partial charge in [0.15, 0.2) is 0 Å². The maximum Gasteiger partial charge on any atom is 0.344 e. The highest BCUT2D eigenvalue weighted by Crippen LogP contribution is 2.30. The third kappa shape index (κ3) is 2.20. The average Bonchev–Trinajstić information content (AvgIpc) is 2.16. The van der Waals surface area contributed by atoms with Gasteiger partial charge in [0, 0.05) is 6.20 Å². The summed E-state index contributed by atoms with van der Waals surface area (Å²) < 4.78 is 41.8. The first-order valence-corrected chi connectivity index (χ1v) is 4.07. The minimum Gasteiger partial charge on any atom is -0.465 e. The van der Waals surface area contributed by atoms with Crippen molar-refractivity contribution in [2.45, 2.75) is 6.43 Å². The van der Waals surface area contributed by atoms with E-state index in [1.807, 2.05) is 0 Å². The molecular weight excluding hydrogens is 235 g/mol. The highest BCUT2D eigenvalue weighted by atomic mass is 35.5. The van der Waals surface area contributed by atoms with Gasteiger partial charge in [-0.15, -0.1) is 0 Å². The summed E-state index contributed by atoms with van der Waals surface area (Å²) in [5.74, 6) is -2.39. The summed E-state index contributed by atoms with van der Waals surface area (Å²) in [4.78, 5) is 14.0. The van der Waals surface area contributed by atoms with Crippen LogP contribution in [0.5, 0.6) is 0 Å². The van der Waals surface area contributed by atoms with E-state index in [1.54, 1.807) is 0 Å². The lowest BCUT2D eigenvalue weighted by Crippen LogP contribution is -2.09. The van der Waals surface area contributed by atoms with Crippen molar-refractivity contribution in [3.05, 3.63) is 28.3 Å². The van der Waals surface area contributed by atoms with Gasteiger partial charge in [0.1, 0.15) is 5.56 Å². The minimum atomic E-state index is -2.94. The van der Waals surface area contributed by atoms with Gasteiger partial charge in [0.25, 0.3) is 6.43 Å². The zero-order valence-corrected chi connectivity index (χ0v) is 8.19. The second kappa shape index (κ2) is 4.48. The molecule has 0 atom stereocenters. The molecule has 0 radical (unpaired) electrons. The number of methoxy groups -OCH3 is 1. The molecule has 0 bridgehead atoms. The number of halogens is 4. The number of carbonyl (C=O) groups is 1. The number of esters is 1. The Morgan fingerprint density at radius 2 is 2.20 bits per heavy atom. The summed E-state index contributed by atoms with van der Waals surface area (Å²) in [6.07, 6.45) is -2.36. The van der Waals surface area contributed by atoms with Crippen molar-refractivity contribution in [1.82, 2.24) is 4.98 Å². The van der Waals surface area contributed by atoms with E-state index in [0.717, 1.165) is 7.11 Å². The van der Waals surface area contributed by atoms with Crippen LogP contribution >= 0.6 is 11.6 Å². The number of aromatic nitrogens is 1. The minimum absolute atomic E-state index is 0.578. The predicted octanol–water partition coefficient (Wildman–Crippen LogP) is 2.60. The van der Waals surface area contributed by atoms with Crippen molar-refractivity contribution in [2.24, 2.45) is 0 Å². The summed E-state index contributed by atoms with van der Waals surface area (Å²) in [5.41, 5.74) is -1.49. The SMILES string of the molecule is COC(=O)c1c(F)ncc(C(F)F)c1Cl. The molecule has 1 aromatic rings. The molecule has 0 unspecified atom stereocenters. The van der Waals surface area contributed by atoms with E-state index >= 15 is 0 Å². The van der Waals surface area contributed by atoms with E-state index in [2.05, 4.69) is 9.72 Å². The number of carbonyl (C=O) groups excluding carboxylic acids is 1.